The number of nitrogens with zero attached hydrogens (tertiary/aromatic N) is 3. The summed E-state index contributed by atoms with van der Waals surface area (Å²) < 4.78 is 0. The van der Waals surface area contributed by atoms with Crippen LogP contribution >= 0.6 is 0 Å². The number of carbonyl (C=O) groups is 1. The molecule has 5 heteroatoms. The Morgan fingerprint density at radius 3 is 2.50 bits per heavy atom. The van der Waals surface area contributed by atoms with Crippen molar-refractivity contribution in [1.82, 2.24) is 15.1 Å². The van der Waals surface area contributed by atoms with Crippen LogP contribution in [0.5, 0.6) is 0 Å². The van der Waals surface area contributed by atoms with E-state index < -0.39 is 0 Å². The minimum Gasteiger partial charge on any atom is -0.355 e. The van der Waals surface area contributed by atoms with Gasteiger partial charge in [0.15, 0.2) is 0 Å². The third-order valence-corrected chi connectivity index (χ3v) is 3.30. The van der Waals surface area contributed by atoms with Gasteiger partial charge in [0.2, 0.25) is 5.91 Å². The van der Waals surface area contributed by atoms with E-state index in [1.807, 2.05) is 6.92 Å². The summed E-state index contributed by atoms with van der Waals surface area (Å²) in [6.07, 6.45) is 1.98. The minimum atomic E-state index is 0.0432. The van der Waals surface area contributed by atoms with Crippen LogP contribution in [0.25, 0.3) is 0 Å². The lowest BCUT2D eigenvalue weighted by Crippen LogP contribution is -2.52. The summed E-state index contributed by atoms with van der Waals surface area (Å²) in [4.78, 5) is 15.9. The number of hydrogen-bond donors (Lipinski definition) is 1. The first-order chi connectivity index (χ1) is 8.71. The molecule has 1 unspecified atom stereocenters. The standard InChI is InChI=1S/C13H24N4O/c1-3-5-12(10-14)17-8-6-16(7-9-17)11-13(18)15-4-2/h12H,3-9,11H2,1-2H3,(H,15,18). The average molecular weight is 252 g/mol. The molecule has 0 bridgehead atoms. The van der Waals surface area contributed by atoms with Crippen LogP contribution in [0.4, 0.5) is 0 Å². The Bertz CT molecular complexity index is 292. The quantitative estimate of drug-likeness (QED) is 0.745. The van der Waals surface area contributed by atoms with Gasteiger partial charge in [-0.15, -0.1) is 0 Å². The lowest BCUT2D eigenvalue weighted by Gasteiger charge is -2.36. The van der Waals surface area contributed by atoms with Crippen molar-refractivity contribution in [3.63, 3.8) is 0 Å². The maximum atomic E-state index is 11.5. The van der Waals surface area contributed by atoms with E-state index in [4.69, 9.17) is 5.26 Å². The number of nitrogens with one attached hydrogen (secondary N) is 1. The summed E-state index contributed by atoms with van der Waals surface area (Å²) in [6.45, 7) is 8.72. The second-order valence-corrected chi connectivity index (χ2v) is 4.70. The Morgan fingerprint density at radius 1 is 1.33 bits per heavy atom. The molecule has 0 saturated carbocycles. The van der Waals surface area contributed by atoms with Crippen molar-refractivity contribution in [2.75, 3.05) is 39.3 Å². The largest absolute Gasteiger partial charge is 0.355 e. The highest BCUT2D eigenvalue weighted by molar-refractivity contribution is 5.77. The molecule has 102 valence electrons. The van der Waals surface area contributed by atoms with E-state index in [1.165, 1.54) is 0 Å². The van der Waals surface area contributed by atoms with Crippen LogP contribution in [0.1, 0.15) is 26.7 Å². The lowest BCUT2D eigenvalue weighted by atomic mass is 10.1. The van der Waals surface area contributed by atoms with Gasteiger partial charge in [-0.05, 0) is 13.3 Å². The Kier molecular flexibility index (Phi) is 6.69. The van der Waals surface area contributed by atoms with Gasteiger partial charge in [0, 0.05) is 32.7 Å². The first-order valence-corrected chi connectivity index (χ1v) is 6.84. The van der Waals surface area contributed by atoms with E-state index in [2.05, 4.69) is 28.1 Å². The Labute approximate surface area is 110 Å². The molecule has 1 aliphatic rings. The number of nitriles is 1. The number of amides is 1. The summed E-state index contributed by atoms with van der Waals surface area (Å²) in [5, 5.41) is 11.9. The maximum Gasteiger partial charge on any atom is 0.234 e. The first kappa shape index (κ1) is 14.9. The second-order valence-electron chi connectivity index (χ2n) is 4.70. The SMILES string of the molecule is CCCC(C#N)N1CCN(CC(=O)NCC)CC1. The van der Waals surface area contributed by atoms with E-state index >= 15 is 0 Å². The molecule has 0 aliphatic carbocycles. The fourth-order valence-corrected chi connectivity index (χ4v) is 2.29. The monoisotopic (exact) mass is 252 g/mol. The van der Waals surface area contributed by atoms with Crippen molar-refractivity contribution in [1.29, 1.82) is 5.26 Å². The van der Waals surface area contributed by atoms with Gasteiger partial charge in [-0.25, -0.2) is 0 Å². The molecular formula is C13H24N4O. The Hall–Kier alpha value is -1.12. The van der Waals surface area contributed by atoms with Gasteiger partial charge in [0.1, 0.15) is 0 Å². The highest BCUT2D eigenvalue weighted by Gasteiger charge is 2.23. The Balaban J connectivity index is 2.32. The van der Waals surface area contributed by atoms with E-state index in [0.717, 1.165) is 39.0 Å². The summed E-state index contributed by atoms with van der Waals surface area (Å²) in [5.41, 5.74) is 0. The van der Waals surface area contributed by atoms with Gasteiger partial charge in [-0.2, -0.15) is 5.26 Å². The zero-order valence-corrected chi connectivity index (χ0v) is 11.5. The van der Waals surface area contributed by atoms with E-state index in [9.17, 15) is 4.79 Å². The summed E-state index contributed by atoms with van der Waals surface area (Å²) >= 11 is 0. The summed E-state index contributed by atoms with van der Waals surface area (Å²) in [5.74, 6) is 0.0938. The molecule has 1 saturated heterocycles. The van der Waals surface area contributed by atoms with Gasteiger partial charge in [0.05, 0.1) is 18.7 Å². The van der Waals surface area contributed by atoms with Crippen LogP contribution in [0.2, 0.25) is 0 Å². The Morgan fingerprint density at radius 2 is 2.00 bits per heavy atom. The fourth-order valence-electron chi connectivity index (χ4n) is 2.29. The van der Waals surface area contributed by atoms with E-state index in [-0.39, 0.29) is 11.9 Å². The molecule has 0 radical (unpaired) electrons. The van der Waals surface area contributed by atoms with Crippen LogP contribution in [0.15, 0.2) is 0 Å². The van der Waals surface area contributed by atoms with Crippen molar-refractivity contribution >= 4 is 5.91 Å². The van der Waals surface area contributed by atoms with Gasteiger partial charge < -0.3 is 5.32 Å². The predicted molar refractivity (Wildman–Crippen MR) is 71.0 cm³/mol. The summed E-state index contributed by atoms with van der Waals surface area (Å²) in [6, 6.07) is 2.42. The average Bonchev–Trinajstić information content (AvgIpc) is 2.37. The number of piperazine rings is 1. The number of carbonyl (C=O) groups excluding carboxylic acids is 1. The molecule has 1 fully saturated rings. The van der Waals surface area contributed by atoms with Gasteiger partial charge in [-0.1, -0.05) is 13.3 Å². The van der Waals surface area contributed by atoms with Crippen molar-refractivity contribution in [3.8, 4) is 6.07 Å². The first-order valence-electron chi connectivity index (χ1n) is 6.84. The molecule has 0 aromatic heterocycles. The molecule has 1 aliphatic heterocycles. The van der Waals surface area contributed by atoms with Crippen LogP contribution in [-0.4, -0.2) is 61.0 Å². The number of rotatable bonds is 6. The minimum absolute atomic E-state index is 0.0432. The van der Waals surface area contributed by atoms with Gasteiger partial charge in [-0.3, -0.25) is 14.6 Å². The zero-order chi connectivity index (χ0) is 13.4. The second kappa shape index (κ2) is 8.06. The molecule has 0 spiro atoms. The van der Waals surface area contributed by atoms with Crippen molar-refractivity contribution < 1.29 is 4.79 Å². The normalized spacial score (nSPS) is 19.2. The van der Waals surface area contributed by atoms with Crippen LogP contribution in [-0.2, 0) is 4.79 Å². The third-order valence-electron chi connectivity index (χ3n) is 3.30. The molecule has 0 aromatic carbocycles. The predicted octanol–water partition coefficient (Wildman–Crippen LogP) is 0.432. The molecule has 1 atom stereocenters. The van der Waals surface area contributed by atoms with E-state index in [1.54, 1.807) is 0 Å². The smallest absolute Gasteiger partial charge is 0.234 e. The highest BCUT2D eigenvalue weighted by atomic mass is 16.2. The molecule has 1 amide bonds. The molecule has 1 N–H and O–H groups in total. The van der Waals surface area contributed by atoms with Crippen molar-refractivity contribution in [3.05, 3.63) is 0 Å². The summed E-state index contributed by atoms with van der Waals surface area (Å²) in [7, 11) is 0. The highest BCUT2D eigenvalue weighted by Crippen LogP contribution is 2.10. The molecule has 1 heterocycles. The molecule has 18 heavy (non-hydrogen) atoms. The van der Waals surface area contributed by atoms with Crippen molar-refractivity contribution in [2.24, 2.45) is 0 Å². The molecule has 1 rings (SSSR count). The van der Waals surface area contributed by atoms with Crippen LogP contribution in [0, 0.1) is 11.3 Å². The number of hydrogen-bond acceptors (Lipinski definition) is 4. The number of likely N-dealkylation sites (N-methyl/N-ethyl adjacent to an activating group) is 1. The molecule has 5 nitrogen and oxygen atoms in total. The molecule has 0 aromatic rings. The van der Waals surface area contributed by atoms with Gasteiger partial charge >= 0.3 is 0 Å². The van der Waals surface area contributed by atoms with Crippen LogP contribution in [0.3, 0.4) is 0 Å². The third kappa shape index (κ3) is 4.63. The molecular weight excluding hydrogens is 228 g/mol. The fraction of sp³-hybridized carbons (Fsp3) is 0.846. The van der Waals surface area contributed by atoms with Crippen molar-refractivity contribution in [2.45, 2.75) is 32.7 Å². The topological polar surface area (TPSA) is 59.4 Å². The maximum absolute atomic E-state index is 11.5. The van der Waals surface area contributed by atoms with Crippen LogP contribution < -0.4 is 5.32 Å². The zero-order valence-electron chi connectivity index (χ0n) is 11.5. The lowest BCUT2D eigenvalue weighted by molar-refractivity contribution is -0.122. The van der Waals surface area contributed by atoms with Gasteiger partial charge in [0.25, 0.3) is 0 Å². The van der Waals surface area contributed by atoms with E-state index in [0.29, 0.717) is 13.1 Å².